The van der Waals surface area contributed by atoms with E-state index in [4.69, 9.17) is 23.9 Å². The van der Waals surface area contributed by atoms with Gasteiger partial charge in [0.25, 0.3) is 0 Å². The molecule has 0 amide bonds. The first-order valence-electron chi connectivity index (χ1n) is 17.6. The van der Waals surface area contributed by atoms with Crippen molar-refractivity contribution in [3.8, 4) is 0 Å². The molecule has 0 radical (unpaired) electrons. The highest BCUT2D eigenvalue weighted by molar-refractivity contribution is 7.09. The van der Waals surface area contributed by atoms with Gasteiger partial charge in [-0.25, -0.2) is 4.98 Å². The van der Waals surface area contributed by atoms with Crippen LogP contribution in [0, 0.1) is 0 Å². The van der Waals surface area contributed by atoms with E-state index in [0.29, 0.717) is 39.6 Å². The van der Waals surface area contributed by atoms with Gasteiger partial charge in [-0.2, -0.15) is 0 Å². The molecule has 5 aromatic carbocycles. The van der Waals surface area contributed by atoms with Gasteiger partial charge in [-0.05, 0) is 27.8 Å². The minimum Gasteiger partial charge on any atom is -0.375 e. The Hall–Kier alpha value is -4.47. The number of hydrogen-bond donors (Lipinski definition) is 0. The Labute approximate surface area is 305 Å². The molecule has 1 aliphatic rings. The fourth-order valence-electron chi connectivity index (χ4n) is 6.79. The minimum atomic E-state index is -0.441. The Kier molecular flexibility index (Phi) is 12.4. The summed E-state index contributed by atoms with van der Waals surface area (Å²) < 4.78 is 27.8. The van der Waals surface area contributed by atoms with Crippen molar-refractivity contribution >= 4 is 11.3 Å². The van der Waals surface area contributed by atoms with E-state index < -0.39 is 18.3 Å². The molecule has 1 aromatic heterocycles. The maximum Gasteiger partial charge on any atom is 0.114 e. The van der Waals surface area contributed by atoms with Gasteiger partial charge in [-0.3, -0.25) is 4.90 Å². The number of benzene rings is 5. The lowest BCUT2D eigenvalue weighted by molar-refractivity contribution is -0.233. The standard InChI is InChI=1S/C44H44N2O4S/c1-6-16-34(17-7-1)28-46-39(33-47-29-35-18-8-2-9-19-35)41(48-30-36-20-10-3-11-21-36)43(50-32-38-24-14-5-15-25-38)42(40(46)44-45-26-27-51-44)49-31-37-22-12-4-13-23-37/h1-27,39-43H,28-33H2/t39-,40+,41+,42+,43-/m0/s1. The molecule has 0 N–H and O–H groups in total. The van der Waals surface area contributed by atoms with Gasteiger partial charge in [0.05, 0.1) is 45.1 Å². The molecular formula is C44H44N2O4S. The summed E-state index contributed by atoms with van der Waals surface area (Å²) in [6.07, 6.45) is 0.637. The molecule has 0 bridgehead atoms. The molecule has 0 unspecified atom stereocenters. The second kappa shape index (κ2) is 18.1. The summed E-state index contributed by atoms with van der Waals surface area (Å²) >= 11 is 1.65. The molecule has 0 aliphatic carbocycles. The molecule has 6 aromatic rings. The van der Waals surface area contributed by atoms with Crippen molar-refractivity contribution < 1.29 is 18.9 Å². The van der Waals surface area contributed by atoms with E-state index in [9.17, 15) is 0 Å². The Morgan fingerprint density at radius 3 is 1.39 bits per heavy atom. The Morgan fingerprint density at radius 1 is 0.490 bits per heavy atom. The van der Waals surface area contributed by atoms with Crippen LogP contribution in [0.3, 0.4) is 0 Å². The third kappa shape index (κ3) is 9.45. The first-order chi connectivity index (χ1) is 25.3. The van der Waals surface area contributed by atoms with Crippen LogP contribution in [0.25, 0.3) is 0 Å². The maximum absolute atomic E-state index is 7.06. The van der Waals surface area contributed by atoms with Crippen LogP contribution >= 0.6 is 11.3 Å². The van der Waals surface area contributed by atoms with Gasteiger partial charge in [-0.15, -0.1) is 11.3 Å². The molecule has 0 saturated carbocycles. The third-order valence-corrected chi connectivity index (χ3v) is 10.1. The van der Waals surface area contributed by atoms with Gasteiger partial charge in [-0.1, -0.05) is 152 Å². The monoisotopic (exact) mass is 696 g/mol. The smallest absolute Gasteiger partial charge is 0.114 e. The van der Waals surface area contributed by atoms with Crippen LogP contribution < -0.4 is 0 Å². The van der Waals surface area contributed by atoms with Gasteiger partial charge < -0.3 is 18.9 Å². The number of hydrogen-bond acceptors (Lipinski definition) is 7. The fourth-order valence-corrected chi connectivity index (χ4v) is 7.58. The SMILES string of the molecule is c1ccc(COC[C@H]2[C@@H](OCc3ccccc3)[C@H](OCc3ccccc3)[C@H](OCc3ccccc3)[C@H](c3nccs3)N2Cc2ccccc2)cc1. The van der Waals surface area contributed by atoms with Crippen LogP contribution in [-0.2, 0) is 51.9 Å². The quantitative estimate of drug-likeness (QED) is 0.101. The molecular weight excluding hydrogens is 653 g/mol. The van der Waals surface area contributed by atoms with Gasteiger partial charge in [0.2, 0.25) is 0 Å². The van der Waals surface area contributed by atoms with E-state index in [0.717, 1.165) is 27.3 Å². The van der Waals surface area contributed by atoms with Gasteiger partial charge in [0, 0.05) is 18.1 Å². The second-order valence-corrected chi connectivity index (χ2v) is 13.8. The van der Waals surface area contributed by atoms with Gasteiger partial charge in [0.15, 0.2) is 0 Å². The molecule has 260 valence electrons. The zero-order valence-electron chi connectivity index (χ0n) is 28.7. The molecule has 7 rings (SSSR count). The Balaban J connectivity index is 1.31. The summed E-state index contributed by atoms with van der Waals surface area (Å²) in [4.78, 5) is 7.42. The molecule has 1 fully saturated rings. The zero-order valence-corrected chi connectivity index (χ0v) is 29.5. The molecule has 1 aliphatic heterocycles. The second-order valence-electron chi connectivity index (χ2n) is 12.8. The van der Waals surface area contributed by atoms with Crippen molar-refractivity contribution in [3.63, 3.8) is 0 Å². The molecule has 2 heterocycles. The largest absolute Gasteiger partial charge is 0.375 e. The van der Waals surface area contributed by atoms with E-state index in [1.54, 1.807) is 11.3 Å². The van der Waals surface area contributed by atoms with Crippen LogP contribution in [0.1, 0.15) is 38.9 Å². The fraction of sp³-hybridized carbons (Fsp3) is 0.250. The highest BCUT2D eigenvalue weighted by atomic mass is 32.1. The lowest BCUT2D eigenvalue weighted by atomic mass is 9.86. The molecule has 7 heteroatoms. The van der Waals surface area contributed by atoms with Gasteiger partial charge in [0.1, 0.15) is 23.3 Å². The third-order valence-electron chi connectivity index (χ3n) is 9.29. The van der Waals surface area contributed by atoms with E-state index in [2.05, 4.69) is 108 Å². The number of likely N-dealkylation sites (tertiary alicyclic amines) is 1. The van der Waals surface area contributed by atoms with Crippen molar-refractivity contribution in [2.45, 2.75) is 63.4 Å². The minimum absolute atomic E-state index is 0.191. The van der Waals surface area contributed by atoms with Crippen molar-refractivity contribution in [2.24, 2.45) is 0 Å². The topological polar surface area (TPSA) is 53.1 Å². The zero-order chi connectivity index (χ0) is 34.5. The van der Waals surface area contributed by atoms with Gasteiger partial charge >= 0.3 is 0 Å². The van der Waals surface area contributed by atoms with Crippen LogP contribution in [0.2, 0.25) is 0 Å². The van der Waals surface area contributed by atoms with E-state index in [-0.39, 0.29) is 12.1 Å². The summed E-state index contributed by atoms with van der Waals surface area (Å²) in [5, 5.41) is 3.02. The first kappa shape index (κ1) is 35.0. The molecule has 6 nitrogen and oxygen atoms in total. The van der Waals surface area contributed by atoms with Crippen LogP contribution in [0.5, 0.6) is 0 Å². The summed E-state index contributed by atoms with van der Waals surface area (Å²) in [6.45, 7) is 2.86. The average Bonchev–Trinajstić information content (AvgIpc) is 3.73. The number of nitrogens with zero attached hydrogens (tertiary/aromatic N) is 2. The number of rotatable bonds is 16. The molecule has 5 atom stereocenters. The summed E-state index contributed by atoms with van der Waals surface area (Å²) in [7, 11) is 0. The van der Waals surface area contributed by atoms with E-state index in [1.807, 2.05) is 60.1 Å². The normalized spacial score (nSPS) is 20.7. The first-order valence-corrected chi connectivity index (χ1v) is 18.5. The summed E-state index contributed by atoms with van der Waals surface area (Å²) in [5.74, 6) is 0. The predicted octanol–water partition coefficient (Wildman–Crippen LogP) is 9.04. The van der Waals surface area contributed by atoms with E-state index in [1.165, 1.54) is 5.56 Å². The highest BCUT2D eigenvalue weighted by Crippen LogP contribution is 2.42. The van der Waals surface area contributed by atoms with E-state index >= 15 is 0 Å². The number of ether oxygens (including phenoxy) is 4. The number of aromatic nitrogens is 1. The number of thiazole rings is 1. The maximum atomic E-state index is 7.06. The molecule has 0 spiro atoms. The summed E-state index contributed by atoms with van der Waals surface area (Å²) in [6, 6.07) is 51.5. The highest BCUT2D eigenvalue weighted by Gasteiger charge is 2.53. The lowest BCUT2D eigenvalue weighted by Gasteiger charge is -2.52. The Bertz CT molecular complexity index is 1830. The van der Waals surface area contributed by atoms with Crippen molar-refractivity contribution in [3.05, 3.63) is 196 Å². The lowest BCUT2D eigenvalue weighted by Crippen LogP contribution is -2.65. The average molecular weight is 697 g/mol. The van der Waals surface area contributed by atoms with Crippen molar-refractivity contribution in [1.29, 1.82) is 0 Å². The summed E-state index contributed by atoms with van der Waals surface area (Å²) in [5.41, 5.74) is 5.61. The van der Waals surface area contributed by atoms with Crippen molar-refractivity contribution in [2.75, 3.05) is 6.61 Å². The number of piperidine rings is 1. The molecule has 51 heavy (non-hydrogen) atoms. The van der Waals surface area contributed by atoms with Crippen LogP contribution in [0.4, 0.5) is 0 Å². The van der Waals surface area contributed by atoms with Crippen LogP contribution in [0.15, 0.2) is 163 Å². The Morgan fingerprint density at radius 2 is 0.922 bits per heavy atom. The molecule has 1 saturated heterocycles. The van der Waals surface area contributed by atoms with Crippen molar-refractivity contribution in [1.82, 2.24) is 9.88 Å². The predicted molar refractivity (Wildman–Crippen MR) is 202 cm³/mol. The van der Waals surface area contributed by atoms with Crippen LogP contribution in [-0.4, -0.2) is 40.8 Å².